The van der Waals surface area contributed by atoms with Crippen molar-refractivity contribution in [2.24, 2.45) is 0 Å². The van der Waals surface area contributed by atoms with Crippen LogP contribution >= 0.6 is 8.30 Å². The standard InChI is InChI=1S/C41H49N4O8P/c1-27(2)45(28(3)4)54(52-23-11-22-42)36-35-38(44-24-29(5)37(46)43-39(44)47)53-40(36,25-50-35)26-51-41(30-12-9-8-10-13-30,31-14-18-33(48-6)19-15-31)32-16-20-34(49-7)21-17-32/h8-10,12-21,24,27-28,35-36,38H,11,23,25-26H2,1-7H3,(H,43,46,47)/t35-,36?,38-,40+,54?/m1/s1. The monoisotopic (exact) mass is 756 g/mol. The average Bonchev–Trinajstić information content (AvgIpc) is 3.69. The highest BCUT2D eigenvalue weighted by Crippen LogP contribution is 2.63. The zero-order valence-electron chi connectivity index (χ0n) is 31.9. The van der Waals surface area contributed by atoms with E-state index in [-0.39, 0.29) is 38.3 Å². The molecule has 0 spiro atoms. The first-order valence-corrected chi connectivity index (χ1v) is 19.4. The van der Waals surface area contributed by atoms with Crippen molar-refractivity contribution in [3.63, 3.8) is 0 Å². The lowest BCUT2D eigenvalue weighted by molar-refractivity contribution is -0.200. The number of methoxy groups -OCH3 is 2. The number of hydrogen-bond donors (Lipinski definition) is 1. The van der Waals surface area contributed by atoms with Crippen molar-refractivity contribution >= 4 is 8.30 Å². The van der Waals surface area contributed by atoms with E-state index in [9.17, 15) is 14.9 Å². The predicted octanol–water partition coefficient (Wildman–Crippen LogP) is 6.27. The number of aromatic amines is 1. The summed E-state index contributed by atoms with van der Waals surface area (Å²) in [6, 6.07) is 28.0. The maximum atomic E-state index is 13.4. The highest BCUT2D eigenvalue weighted by Gasteiger charge is 2.67. The molecule has 12 nitrogen and oxygen atoms in total. The molecular weight excluding hydrogens is 707 g/mol. The second-order valence-electron chi connectivity index (χ2n) is 14.2. The second-order valence-corrected chi connectivity index (χ2v) is 16.1. The Morgan fingerprint density at radius 3 is 2.06 bits per heavy atom. The molecule has 2 aliphatic heterocycles. The number of fused-ring (bicyclic) bond motifs is 2. The van der Waals surface area contributed by atoms with Gasteiger partial charge in [-0.2, -0.15) is 5.26 Å². The van der Waals surface area contributed by atoms with E-state index in [2.05, 4.69) is 43.4 Å². The Kier molecular flexibility index (Phi) is 12.1. The van der Waals surface area contributed by atoms with Gasteiger partial charge in [-0.3, -0.25) is 19.0 Å². The van der Waals surface area contributed by atoms with Gasteiger partial charge in [-0.25, -0.2) is 4.79 Å². The summed E-state index contributed by atoms with van der Waals surface area (Å²) < 4.78 is 42.7. The number of H-pyrrole nitrogens is 1. The number of nitriles is 1. The van der Waals surface area contributed by atoms with Gasteiger partial charge >= 0.3 is 5.69 Å². The summed E-state index contributed by atoms with van der Waals surface area (Å²) in [5.74, 6) is 1.40. The van der Waals surface area contributed by atoms with Crippen LogP contribution in [-0.2, 0) is 24.3 Å². The van der Waals surface area contributed by atoms with Crippen molar-refractivity contribution in [1.29, 1.82) is 5.26 Å². The molecule has 13 heteroatoms. The summed E-state index contributed by atoms with van der Waals surface area (Å²) in [5, 5.41) is 9.51. The Labute approximate surface area is 317 Å². The SMILES string of the molecule is COc1ccc(C(OC[C@@]23CO[C@H](C2P(OCCC#N)N(C(C)C)C(C)C)[C@H](n2cc(C)c(=O)[nH]c2=O)O3)(c2ccccc2)c2ccc(OC)cc2)cc1. The Hall–Kier alpha value is -4.34. The van der Waals surface area contributed by atoms with Crippen LogP contribution in [-0.4, -0.2) is 77.7 Å². The van der Waals surface area contributed by atoms with Crippen LogP contribution in [0.5, 0.6) is 11.5 Å². The van der Waals surface area contributed by atoms with Crippen molar-refractivity contribution < 1.29 is 28.2 Å². The van der Waals surface area contributed by atoms with Gasteiger partial charge in [0.2, 0.25) is 0 Å². The molecule has 2 fully saturated rings. The van der Waals surface area contributed by atoms with E-state index in [1.165, 1.54) is 10.8 Å². The van der Waals surface area contributed by atoms with Gasteiger partial charge in [0.15, 0.2) is 6.23 Å². The number of nitrogens with zero attached hydrogens (tertiary/aromatic N) is 3. The van der Waals surface area contributed by atoms with E-state index >= 15 is 0 Å². The zero-order chi connectivity index (χ0) is 38.6. The van der Waals surface area contributed by atoms with E-state index in [0.717, 1.165) is 16.7 Å². The number of nitrogens with one attached hydrogen (secondary N) is 1. The third-order valence-electron chi connectivity index (χ3n) is 10.1. The van der Waals surface area contributed by atoms with E-state index in [4.69, 9.17) is 28.2 Å². The number of rotatable bonds is 16. The molecule has 0 saturated carbocycles. The molecule has 1 aromatic heterocycles. The molecular formula is C41H49N4O8P. The first-order valence-electron chi connectivity index (χ1n) is 18.2. The normalized spacial score (nSPS) is 21.5. The predicted molar refractivity (Wildman–Crippen MR) is 206 cm³/mol. The largest absolute Gasteiger partial charge is 0.497 e. The van der Waals surface area contributed by atoms with Gasteiger partial charge in [0.05, 0.1) is 52.2 Å². The molecule has 3 aromatic carbocycles. The molecule has 2 unspecified atom stereocenters. The lowest BCUT2D eigenvalue weighted by atomic mass is 9.79. The van der Waals surface area contributed by atoms with Gasteiger partial charge in [-0.1, -0.05) is 54.6 Å². The Bertz CT molecular complexity index is 1970. The van der Waals surface area contributed by atoms with Crippen molar-refractivity contribution in [2.75, 3.05) is 34.0 Å². The first kappa shape index (κ1) is 39.4. The van der Waals surface area contributed by atoms with Gasteiger partial charge < -0.3 is 28.2 Å². The summed E-state index contributed by atoms with van der Waals surface area (Å²) >= 11 is 0. The van der Waals surface area contributed by atoms with Crippen molar-refractivity contribution in [3.05, 3.63) is 128 Å². The van der Waals surface area contributed by atoms with Gasteiger partial charge in [0, 0.05) is 23.8 Å². The lowest BCUT2D eigenvalue weighted by Gasteiger charge is -2.44. The smallest absolute Gasteiger partial charge is 0.330 e. The van der Waals surface area contributed by atoms with Crippen molar-refractivity contribution in [2.45, 2.75) is 82.3 Å². The van der Waals surface area contributed by atoms with E-state index in [0.29, 0.717) is 17.1 Å². The van der Waals surface area contributed by atoms with Gasteiger partial charge in [-0.15, -0.1) is 0 Å². The fourth-order valence-electron chi connectivity index (χ4n) is 7.67. The van der Waals surface area contributed by atoms with Crippen molar-refractivity contribution in [3.8, 4) is 17.6 Å². The first-order chi connectivity index (χ1) is 26.0. The van der Waals surface area contributed by atoms with Crippen LogP contribution in [0.1, 0.15) is 62.6 Å². The molecule has 1 N–H and O–H groups in total. The number of benzene rings is 3. The van der Waals surface area contributed by atoms with Crippen molar-refractivity contribution in [1.82, 2.24) is 14.2 Å². The highest BCUT2D eigenvalue weighted by atomic mass is 31.2. The molecule has 2 saturated heterocycles. The topological polar surface area (TPSA) is 137 Å². The second kappa shape index (κ2) is 16.6. The molecule has 54 heavy (non-hydrogen) atoms. The summed E-state index contributed by atoms with van der Waals surface area (Å²) in [5.41, 5.74) is -0.840. The average molecular weight is 757 g/mol. The maximum absolute atomic E-state index is 13.4. The molecule has 0 amide bonds. The number of ether oxygens (including phenoxy) is 5. The third kappa shape index (κ3) is 7.37. The Morgan fingerprint density at radius 2 is 1.52 bits per heavy atom. The summed E-state index contributed by atoms with van der Waals surface area (Å²) in [7, 11) is 1.75. The van der Waals surface area contributed by atoms with E-state index in [1.54, 1.807) is 21.1 Å². The van der Waals surface area contributed by atoms with Crippen LogP contribution in [0.4, 0.5) is 0 Å². The van der Waals surface area contributed by atoms with Crippen LogP contribution in [0.3, 0.4) is 0 Å². The van der Waals surface area contributed by atoms with Crippen LogP contribution in [0.25, 0.3) is 0 Å². The fourth-order valence-corrected chi connectivity index (χ4v) is 10.5. The number of aromatic nitrogens is 2. The zero-order valence-corrected chi connectivity index (χ0v) is 32.7. The van der Waals surface area contributed by atoms with Gasteiger partial charge in [0.1, 0.15) is 37.1 Å². The van der Waals surface area contributed by atoms with E-state index in [1.807, 2.05) is 78.9 Å². The van der Waals surface area contributed by atoms with Crippen LogP contribution in [0.15, 0.2) is 94.6 Å². The van der Waals surface area contributed by atoms with Crippen LogP contribution < -0.4 is 20.7 Å². The molecule has 2 bridgehead atoms. The minimum atomic E-state index is -1.51. The Balaban J connectivity index is 1.54. The van der Waals surface area contributed by atoms with Gasteiger partial charge in [0.25, 0.3) is 5.56 Å². The third-order valence-corrected chi connectivity index (χ3v) is 13.2. The highest BCUT2D eigenvalue weighted by molar-refractivity contribution is 7.51. The molecule has 286 valence electrons. The molecule has 3 heterocycles. The molecule has 4 aromatic rings. The van der Waals surface area contributed by atoms with Crippen LogP contribution in [0, 0.1) is 18.3 Å². The van der Waals surface area contributed by atoms with Gasteiger partial charge in [-0.05, 0) is 75.6 Å². The number of aryl methyl sites for hydroxylation is 1. The fraction of sp³-hybridized carbons (Fsp3) is 0.439. The summed E-state index contributed by atoms with van der Waals surface area (Å²) in [6.45, 7) is 10.5. The quantitative estimate of drug-likeness (QED) is 0.0792. The minimum Gasteiger partial charge on any atom is -0.497 e. The molecule has 2 aliphatic rings. The minimum absolute atomic E-state index is 0.0270. The molecule has 5 atom stereocenters. The van der Waals surface area contributed by atoms with Crippen LogP contribution in [0.2, 0.25) is 0 Å². The maximum Gasteiger partial charge on any atom is 0.330 e. The lowest BCUT2D eigenvalue weighted by Crippen LogP contribution is -2.50. The molecule has 0 aliphatic carbocycles. The summed E-state index contributed by atoms with van der Waals surface area (Å²) in [4.78, 5) is 28.3. The molecule has 6 rings (SSSR count). The van der Waals surface area contributed by atoms with E-state index < -0.39 is 48.7 Å². The number of hydrogen-bond acceptors (Lipinski definition) is 10. The summed E-state index contributed by atoms with van der Waals surface area (Å²) in [6.07, 6.45) is 0.193. The Morgan fingerprint density at radius 1 is 0.944 bits per heavy atom. The molecule has 0 radical (unpaired) electrons.